The lowest BCUT2D eigenvalue weighted by molar-refractivity contribution is -0.137. The summed E-state index contributed by atoms with van der Waals surface area (Å²) in [4.78, 5) is 24.9. The summed E-state index contributed by atoms with van der Waals surface area (Å²) >= 11 is 0. The number of hydrogen-bond donors (Lipinski definition) is 2. The van der Waals surface area contributed by atoms with Crippen LogP contribution in [0.3, 0.4) is 0 Å². The molecule has 4 nitrogen and oxygen atoms in total. The molecule has 0 aliphatic heterocycles. The number of hydrogen-bond acceptors (Lipinski definition) is 2. The monoisotopic (exact) mass is 322 g/mol. The number of aryl methyl sites for hydroxylation is 1. The summed E-state index contributed by atoms with van der Waals surface area (Å²) < 4.78 is 0. The van der Waals surface area contributed by atoms with Crippen molar-refractivity contribution in [3.05, 3.63) is 71.3 Å². The Labute approximate surface area is 142 Å². The molecule has 1 aliphatic carbocycles. The highest BCUT2D eigenvalue weighted by Crippen LogP contribution is 2.46. The van der Waals surface area contributed by atoms with E-state index in [1.165, 1.54) is 5.56 Å². The van der Waals surface area contributed by atoms with Gasteiger partial charge >= 0.3 is 0 Å². The van der Waals surface area contributed by atoms with Crippen molar-refractivity contribution in [2.45, 2.75) is 32.9 Å². The predicted octanol–water partition coefficient (Wildman–Crippen LogP) is 2.71. The highest BCUT2D eigenvalue weighted by molar-refractivity contribution is 6.07. The SMILES string of the molecule is Cc1ccc(CNC(=O)C2(C(=O)NCc3ccccc3)CC2)cc1. The first-order valence-corrected chi connectivity index (χ1v) is 8.26. The first kappa shape index (κ1) is 16.2. The molecule has 1 saturated carbocycles. The van der Waals surface area contributed by atoms with Gasteiger partial charge in [-0.15, -0.1) is 0 Å². The molecule has 1 aliphatic rings. The summed E-state index contributed by atoms with van der Waals surface area (Å²) in [7, 11) is 0. The van der Waals surface area contributed by atoms with Crippen LogP contribution in [0, 0.1) is 12.3 Å². The van der Waals surface area contributed by atoms with Crippen molar-refractivity contribution >= 4 is 11.8 Å². The van der Waals surface area contributed by atoms with Gasteiger partial charge in [0.2, 0.25) is 11.8 Å². The third kappa shape index (κ3) is 3.65. The van der Waals surface area contributed by atoms with Crippen LogP contribution in [-0.2, 0) is 22.7 Å². The summed E-state index contributed by atoms with van der Waals surface area (Å²) in [6.07, 6.45) is 1.24. The van der Waals surface area contributed by atoms with Gasteiger partial charge in [0.25, 0.3) is 0 Å². The fourth-order valence-corrected chi connectivity index (χ4v) is 2.69. The molecule has 2 aromatic rings. The molecule has 0 spiro atoms. The summed E-state index contributed by atoms with van der Waals surface area (Å²) in [5, 5.41) is 5.79. The van der Waals surface area contributed by atoms with Crippen LogP contribution in [0.4, 0.5) is 0 Å². The molecule has 124 valence electrons. The van der Waals surface area contributed by atoms with Crippen LogP contribution >= 0.6 is 0 Å². The number of nitrogens with one attached hydrogen (secondary N) is 2. The second kappa shape index (κ2) is 6.87. The van der Waals surface area contributed by atoms with Crippen LogP contribution in [0.15, 0.2) is 54.6 Å². The van der Waals surface area contributed by atoms with E-state index in [-0.39, 0.29) is 11.8 Å². The maximum Gasteiger partial charge on any atom is 0.235 e. The topological polar surface area (TPSA) is 58.2 Å². The summed E-state index contributed by atoms with van der Waals surface area (Å²) in [6.45, 7) is 2.93. The number of amides is 2. The van der Waals surface area contributed by atoms with Gasteiger partial charge in [-0.25, -0.2) is 0 Å². The highest BCUT2D eigenvalue weighted by Gasteiger charge is 2.56. The minimum Gasteiger partial charge on any atom is -0.351 e. The maximum absolute atomic E-state index is 12.4. The zero-order chi connectivity index (χ0) is 17.0. The minimum absolute atomic E-state index is 0.173. The maximum atomic E-state index is 12.4. The first-order valence-electron chi connectivity index (χ1n) is 8.26. The van der Waals surface area contributed by atoms with E-state index in [1.807, 2.05) is 61.5 Å². The summed E-state index contributed by atoms with van der Waals surface area (Å²) in [6, 6.07) is 17.7. The molecule has 2 aromatic carbocycles. The summed E-state index contributed by atoms with van der Waals surface area (Å²) in [5.74, 6) is -0.346. The Morgan fingerprint density at radius 3 is 1.83 bits per heavy atom. The van der Waals surface area contributed by atoms with Crippen molar-refractivity contribution in [2.24, 2.45) is 5.41 Å². The van der Waals surface area contributed by atoms with E-state index in [2.05, 4.69) is 10.6 Å². The lowest BCUT2D eigenvalue weighted by Crippen LogP contribution is -2.42. The van der Waals surface area contributed by atoms with Gasteiger partial charge in [-0.2, -0.15) is 0 Å². The van der Waals surface area contributed by atoms with Gasteiger partial charge in [0.1, 0.15) is 5.41 Å². The molecule has 0 bridgehead atoms. The molecule has 0 saturated heterocycles. The molecule has 2 amide bonds. The zero-order valence-corrected chi connectivity index (χ0v) is 13.8. The van der Waals surface area contributed by atoms with Crippen molar-refractivity contribution in [1.82, 2.24) is 10.6 Å². The molecule has 3 rings (SSSR count). The third-order valence-electron chi connectivity index (χ3n) is 4.49. The Kier molecular flexibility index (Phi) is 4.65. The minimum atomic E-state index is -0.876. The molecule has 0 aromatic heterocycles. The average molecular weight is 322 g/mol. The van der Waals surface area contributed by atoms with Gasteiger partial charge in [0, 0.05) is 13.1 Å². The average Bonchev–Trinajstić information content (AvgIpc) is 3.42. The normalized spacial score (nSPS) is 14.7. The van der Waals surface area contributed by atoms with Gasteiger partial charge in [-0.05, 0) is 30.9 Å². The van der Waals surface area contributed by atoms with Crippen molar-refractivity contribution in [3.63, 3.8) is 0 Å². The van der Waals surface area contributed by atoms with Gasteiger partial charge < -0.3 is 10.6 Å². The third-order valence-corrected chi connectivity index (χ3v) is 4.49. The van der Waals surface area contributed by atoms with E-state index < -0.39 is 5.41 Å². The second-order valence-electron chi connectivity index (χ2n) is 6.42. The predicted molar refractivity (Wildman–Crippen MR) is 93.0 cm³/mol. The molecule has 24 heavy (non-hydrogen) atoms. The molecular formula is C20H22N2O2. The molecule has 0 unspecified atom stereocenters. The zero-order valence-electron chi connectivity index (χ0n) is 13.8. The number of carbonyl (C=O) groups excluding carboxylic acids is 2. The molecule has 0 heterocycles. The van der Waals surface area contributed by atoms with Gasteiger partial charge in [0.05, 0.1) is 0 Å². The number of rotatable bonds is 6. The number of carbonyl (C=O) groups is 2. The number of benzene rings is 2. The first-order chi connectivity index (χ1) is 11.6. The van der Waals surface area contributed by atoms with Crippen LogP contribution < -0.4 is 10.6 Å². The Hall–Kier alpha value is -2.62. The van der Waals surface area contributed by atoms with E-state index in [0.29, 0.717) is 25.9 Å². The molecule has 0 atom stereocenters. The van der Waals surface area contributed by atoms with Crippen LogP contribution in [-0.4, -0.2) is 11.8 Å². The van der Waals surface area contributed by atoms with Crippen molar-refractivity contribution in [1.29, 1.82) is 0 Å². The van der Waals surface area contributed by atoms with Gasteiger partial charge in [-0.3, -0.25) is 9.59 Å². The van der Waals surface area contributed by atoms with Gasteiger partial charge in [0.15, 0.2) is 0 Å². The van der Waals surface area contributed by atoms with E-state index in [1.54, 1.807) is 0 Å². The fraction of sp³-hybridized carbons (Fsp3) is 0.300. The largest absolute Gasteiger partial charge is 0.351 e. The standard InChI is InChI=1S/C20H22N2O2/c1-15-7-9-17(10-8-15)14-22-19(24)20(11-12-20)18(23)21-13-16-5-3-2-4-6-16/h2-10H,11-14H2,1H3,(H,21,23)(H,22,24). The molecule has 1 fully saturated rings. The van der Waals surface area contributed by atoms with E-state index in [0.717, 1.165) is 11.1 Å². The smallest absolute Gasteiger partial charge is 0.235 e. The summed E-state index contributed by atoms with van der Waals surface area (Å²) in [5.41, 5.74) is 2.37. The van der Waals surface area contributed by atoms with E-state index in [4.69, 9.17) is 0 Å². The Bertz CT molecular complexity index is 719. The van der Waals surface area contributed by atoms with Crippen LogP contribution in [0.5, 0.6) is 0 Å². The Morgan fingerprint density at radius 2 is 1.33 bits per heavy atom. The van der Waals surface area contributed by atoms with Crippen molar-refractivity contribution < 1.29 is 9.59 Å². The Morgan fingerprint density at radius 1 is 0.833 bits per heavy atom. The molecule has 0 radical (unpaired) electrons. The second-order valence-corrected chi connectivity index (χ2v) is 6.42. The van der Waals surface area contributed by atoms with Crippen LogP contribution in [0.2, 0.25) is 0 Å². The van der Waals surface area contributed by atoms with Crippen LogP contribution in [0.25, 0.3) is 0 Å². The molecule has 4 heteroatoms. The highest BCUT2D eigenvalue weighted by atomic mass is 16.2. The Balaban J connectivity index is 1.53. The fourth-order valence-electron chi connectivity index (χ4n) is 2.69. The van der Waals surface area contributed by atoms with Crippen molar-refractivity contribution in [3.8, 4) is 0 Å². The lowest BCUT2D eigenvalue weighted by atomic mass is 10.0. The lowest BCUT2D eigenvalue weighted by Gasteiger charge is -2.15. The molecular weight excluding hydrogens is 300 g/mol. The van der Waals surface area contributed by atoms with E-state index >= 15 is 0 Å². The quantitative estimate of drug-likeness (QED) is 0.804. The molecule has 2 N–H and O–H groups in total. The van der Waals surface area contributed by atoms with Crippen LogP contribution in [0.1, 0.15) is 29.5 Å². The van der Waals surface area contributed by atoms with E-state index in [9.17, 15) is 9.59 Å². The van der Waals surface area contributed by atoms with Crippen molar-refractivity contribution in [2.75, 3.05) is 0 Å². The van der Waals surface area contributed by atoms with Gasteiger partial charge in [-0.1, -0.05) is 60.2 Å².